The van der Waals surface area contributed by atoms with Crippen molar-refractivity contribution in [2.75, 3.05) is 20.3 Å². The Kier molecular flexibility index (Phi) is 6.44. The fourth-order valence-electron chi connectivity index (χ4n) is 0.900. The van der Waals surface area contributed by atoms with Crippen LogP contribution in [0.5, 0.6) is 0 Å². The monoisotopic (exact) mass is 219 g/mol. The third-order valence-corrected chi connectivity index (χ3v) is 1.73. The molecule has 0 aromatic rings. The summed E-state index contributed by atoms with van der Waals surface area (Å²) in [6.45, 7) is 3.79. The maximum Gasteiger partial charge on any atom is 0.407 e. The lowest BCUT2D eigenvalue weighted by Gasteiger charge is -2.17. The van der Waals surface area contributed by atoms with Gasteiger partial charge >= 0.3 is 12.1 Å². The van der Waals surface area contributed by atoms with Crippen molar-refractivity contribution in [2.45, 2.75) is 19.9 Å². The summed E-state index contributed by atoms with van der Waals surface area (Å²) in [5, 5.41) is 11.0. The van der Waals surface area contributed by atoms with Gasteiger partial charge in [0.25, 0.3) is 0 Å². The molecule has 0 saturated carbocycles. The van der Waals surface area contributed by atoms with Gasteiger partial charge in [0.2, 0.25) is 0 Å². The number of carbonyl (C=O) groups excluding carboxylic acids is 1. The van der Waals surface area contributed by atoms with Crippen LogP contribution in [0.3, 0.4) is 0 Å². The highest BCUT2D eigenvalue weighted by Crippen LogP contribution is 2.01. The van der Waals surface area contributed by atoms with E-state index in [0.29, 0.717) is 0 Å². The summed E-state index contributed by atoms with van der Waals surface area (Å²) in [7, 11) is 1.48. The quantitative estimate of drug-likeness (QED) is 0.634. The van der Waals surface area contributed by atoms with Crippen LogP contribution in [0.15, 0.2) is 0 Å². The standard InChI is InChI=1S/C9H17NO5/c1-6(2)7(8(11)12)10-9(13)15-5-4-14-3/h6-7H,4-5H2,1-3H3,(H,10,13)(H,11,12). The molecule has 6 heteroatoms. The van der Waals surface area contributed by atoms with Crippen LogP contribution in [0, 0.1) is 5.92 Å². The van der Waals surface area contributed by atoms with Gasteiger partial charge in [-0.3, -0.25) is 0 Å². The Morgan fingerprint density at radius 2 is 1.93 bits per heavy atom. The number of rotatable bonds is 6. The zero-order valence-corrected chi connectivity index (χ0v) is 9.15. The van der Waals surface area contributed by atoms with Crippen LogP contribution in [0.2, 0.25) is 0 Å². The van der Waals surface area contributed by atoms with Crippen LogP contribution < -0.4 is 5.32 Å². The molecule has 1 amide bonds. The van der Waals surface area contributed by atoms with Crippen molar-refractivity contribution in [3.8, 4) is 0 Å². The Labute approximate surface area is 88.6 Å². The van der Waals surface area contributed by atoms with Crippen LogP contribution in [-0.2, 0) is 14.3 Å². The first-order chi connectivity index (χ1) is 6.99. The van der Waals surface area contributed by atoms with Crippen molar-refractivity contribution in [3.63, 3.8) is 0 Å². The second-order valence-electron chi connectivity index (χ2n) is 3.33. The number of amides is 1. The van der Waals surface area contributed by atoms with Gasteiger partial charge in [-0.25, -0.2) is 9.59 Å². The average Bonchev–Trinajstić information content (AvgIpc) is 2.13. The van der Waals surface area contributed by atoms with Crippen LogP contribution >= 0.6 is 0 Å². The molecule has 0 aromatic carbocycles. The Hall–Kier alpha value is -1.30. The summed E-state index contributed by atoms with van der Waals surface area (Å²) in [4.78, 5) is 21.8. The molecule has 0 aliphatic carbocycles. The Morgan fingerprint density at radius 1 is 1.33 bits per heavy atom. The summed E-state index contributed by atoms with van der Waals surface area (Å²) in [5.74, 6) is -1.27. The molecule has 0 heterocycles. The number of hydrogen-bond acceptors (Lipinski definition) is 4. The minimum atomic E-state index is -1.08. The predicted molar refractivity (Wildman–Crippen MR) is 52.6 cm³/mol. The number of ether oxygens (including phenoxy) is 2. The molecule has 0 aromatic heterocycles. The fraction of sp³-hybridized carbons (Fsp3) is 0.778. The molecule has 0 saturated heterocycles. The van der Waals surface area contributed by atoms with Crippen LogP contribution in [-0.4, -0.2) is 43.5 Å². The number of hydrogen-bond donors (Lipinski definition) is 2. The zero-order valence-electron chi connectivity index (χ0n) is 9.15. The van der Waals surface area contributed by atoms with E-state index in [1.807, 2.05) is 0 Å². The first kappa shape index (κ1) is 13.7. The minimum absolute atomic E-state index is 0.104. The number of carbonyl (C=O) groups is 2. The van der Waals surface area contributed by atoms with Gasteiger partial charge in [-0.2, -0.15) is 0 Å². The topological polar surface area (TPSA) is 84.9 Å². The van der Waals surface area contributed by atoms with Crippen LogP contribution in [0.4, 0.5) is 4.79 Å². The molecule has 0 spiro atoms. The zero-order chi connectivity index (χ0) is 11.8. The van der Waals surface area contributed by atoms with E-state index in [2.05, 4.69) is 14.8 Å². The molecular formula is C9H17NO5. The molecule has 0 aliphatic heterocycles. The van der Waals surface area contributed by atoms with Gasteiger partial charge in [0, 0.05) is 7.11 Å². The highest BCUT2D eigenvalue weighted by atomic mass is 16.6. The summed E-state index contributed by atoms with van der Waals surface area (Å²) in [6.07, 6.45) is -0.742. The van der Waals surface area contributed by atoms with Crippen LogP contribution in [0.1, 0.15) is 13.8 Å². The molecule has 1 unspecified atom stereocenters. The van der Waals surface area contributed by atoms with E-state index in [1.165, 1.54) is 7.11 Å². The maximum absolute atomic E-state index is 11.1. The van der Waals surface area contributed by atoms with E-state index < -0.39 is 18.1 Å². The highest BCUT2D eigenvalue weighted by Gasteiger charge is 2.23. The van der Waals surface area contributed by atoms with E-state index >= 15 is 0 Å². The molecule has 1 atom stereocenters. The van der Waals surface area contributed by atoms with Crippen molar-refractivity contribution in [1.82, 2.24) is 5.32 Å². The SMILES string of the molecule is COCCOC(=O)NC(C(=O)O)C(C)C. The fourth-order valence-corrected chi connectivity index (χ4v) is 0.900. The molecule has 0 rings (SSSR count). The molecule has 6 nitrogen and oxygen atoms in total. The largest absolute Gasteiger partial charge is 0.480 e. The second-order valence-corrected chi connectivity index (χ2v) is 3.33. The Bertz CT molecular complexity index is 217. The molecule has 0 fully saturated rings. The van der Waals surface area contributed by atoms with Crippen molar-refractivity contribution in [2.24, 2.45) is 5.92 Å². The molecule has 0 aliphatic rings. The highest BCUT2D eigenvalue weighted by molar-refractivity contribution is 5.80. The summed E-state index contributed by atoms with van der Waals surface area (Å²) in [5.41, 5.74) is 0. The number of alkyl carbamates (subject to hydrolysis) is 1. The van der Waals surface area contributed by atoms with Gasteiger partial charge in [0.15, 0.2) is 0 Å². The lowest BCUT2D eigenvalue weighted by atomic mass is 10.1. The van der Waals surface area contributed by atoms with E-state index in [0.717, 1.165) is 0 Å². The number of carboxylic acid groups (broad SMARTS) is 1. The Morgan fingerprint density at radius 3 is 2.33 bits per heavy atom. The normalized spacial score (nSPS) is 12.3. The van der Waals surface area contributed by atoms with E-state index in [-0.39, 0.29) is 19.1 Å². The van der Waals surface area contributed by atoms with Gasteiger partial charge in [-0.15, -0.1) is 0 Å². The van der Waals surface area contributed by atoms with Gasteiger partial charge in [-0.1, -0.05) is 13.8 Å². The summed E-state index contributed by atoms with van der Waals surface area (Å²) >= 11 is 0. The average molecular weight is 219 g/mol. The third-order valence-electron chi connectivity index (χ3n) is 1.73. The molecule has 15 heavy (non-hydrogen) atoms. The van der Waals surface area contributed by atoms with E-state index in [1.54, 1.807) is 13.8 Å². The van der Waals surface area contributed by atoms with Gasteiger partial charge in [-0.05, 0) is 5.92 Å². The first-order valence-corrected chi connectivity index (χ1v) is 4.64. The number of aliphatic carboxylic acids is 1. The number of methoxy groups -OCH3 is 1. The van der Waals surface area contributed by atoms with Gasteiger partial charge < -0.3 is 19.9 Å². The third kappa shape index (κ3) is 5.90. The van der Waals surface area contributed by atoms with Crippen LogP contribution in [0.25, 0.3) is 0 Å². The van der Waals surface area contributed by atoms with Gasteiger partial charge in [0.05, 0.1) is 6.61 Å². The van der Waals surface area contributed by atoms with Crippen molar-refractivity contribution < 1.29 is 24.2 Å². The molecule has 0 radical (unpaired) electrons. The van der Waals surface area contributed by atoms with Crippen molar-refractivity contribution >= 4 is 12.1 Å². The van der Waals surface area contributed by atoms with Gasteiger partial charge in [0.1, 0.15) is 12.6 Å². The lowest BCUT2D eigenvalue weighted by molar-refractivity contribution is -0.140. The van der Waals surface area contributed by atoms with E-state index in [4.69, 9.17) is 5.11 Å². The predicted octanol–water partition coefficient (Wildman–Crippen LogP) is 0.468. The smallest absolute Gasteiger partial charge is 0.407 e. The summed E-state index contributed by atoms with van der Waals surface area (Å²) in [6, 6.07) is -0.931. The van der Waals surface area contributed by atoms with Crippen molar-refractivity contribution in [3.05, 3.63) is 0 Å². The number of carboxylic acids is 1. The summed E-state index contributed by atoms with van der Waals surface area (Å²) < 4.78 is 9.35. The van der Waals surface area contributed by atoms with E-state index in [9.17, 15) is 9.59 Å². The molecular weight excluding hydrogens is 202 g/mol. The second kappa shape index (κ2) is 7.05. The first-order valence-electron chi connectivity index (χ1n) is 4.64. The maximum atomic E-state index is 11.1. The molecule has 2 N–H and O–H groups in total. The number of nitrogens with one attached hydrogen (secondary N) is 1. The Balaban J connectivity index is 3.95. The molecule has 88 valence electrons. The van der Waals surface area contributed by atoms with Crippen molar-refractivity contribution in [1.29, 1.82) is 0 Å². The lowest BCUT2D eigenvalue weighted by Crippen LogP contribution is -2.44. The molecule has 0 bridgehead atoms. The minimum Gasteiger partial charge on any atom is -0.480 e.